The monoisotopic (exact) mass is 150 g/mol. The standard InChI is InChI=1S/C9H10O2/c1-5-6-3-4-7(10)8(6)9(5)11-2/h3-4,6,8H,1-2H3. The van der Waals surface area contributed by atoms with Crippen molar-refractivity contribution in [2.45, 2.75) is 6.92 Å². The Balaban J connectivity index is 2.33. The van der Waals surface area contributed by atoms with E-state index >= 15 is 0 Å². The molecular weight excluding hydrogens is 140 g/mol. The van der Waals surface area contributed by atoms with E-state index in [9.17, 15) is 4.79 Å². The van der Waals surface area contributed by atoms with E-state index in [-0.39, 0.29) is 11.7 Å². The molecular formula is C9H10O2. The van der Waals surface area contributed by atoms with Gasteiger partial charge >= 0.3 is 0 Å². The maximum atomic E-state index is 11.1. The molecule has 0 aromatic carbocycles. The van der Waals surface area contributed by atoms with Crippen LogP contribution in [0.4, 0.5) is 0 Å². The summed E-state index contributed by atoms with van der Waals surface area (Å²) in [7, 11) is 1.63. The second kappa shape index (κ2) is 1.97. The van der Waals surface area contributed by atoms with E-state index in [1.165, 1.54) is 5.57 Å². The maximum Gasteiger partial charge on any atom is 0.166 e. The van der Waals surface area contributed by atoms with E-state index in [1.807, 2.05) is 13.0 Å². The minimum atomic E-state index is 0.0278. The molecule has 0 aromatic rings. The molecule has 0 amide bonds. The lowest BCUT2D eigenvalue weighted by Crippen LogP contribution is -2.30. The molecule has 0 N–H and O–H groups in total. The zero-order valence-electron chi connectivity index (χ0n) is 6.63. The Bertz CT molecular complexity index is 273. The third-order valence-electron chi connectivity index (χ3n) is 2.52. The summed E-state index contributed by atoms with van der Waals surface area (Å²) in [6.07, 6.45) is 3.62. The summed E-state index contributed by atoms with van der Waals surface area (Å²) < 4.78 is 5.10. The zero-order chi connectivity index (χ0) is 8.01. The molecule has 2 aliphatic carbocycles. The predicted octanol–water partition coefficient (Wildman–Crippen LogP) is 1.29. The van der Waals surface area contributed by atoms with Gasteiger partial charge in [-0.25, -0.2) is 0 Å². The highest BCUT2D eigenvalue weighted by atomic mass is 16.5. The van der Waals surface area contributed by atoms with Crippen molar-refractivity contribution in [3.63, 3.8) is 0 Å². The first-order chi connectivity index (χ1) is 5.25. The lowest BCUT2D eigenvalue weighted by Gasteiger charge is -2.32. The summed E-state index contributed by atoms with van der Waals surface area (Å²) >= 11 is 0. The van der Waals surface area contributed by atoms with E-state index in [2.05, 4.69) is 0 Å². The molecule has 2 aliphatic rings. The number of allylic oxidation sites excluding steroid dienone is 4. The Morgan fingerprint density at radius 3 is 2.91 bits per heavy atom. The van der Waals surface area contributed by atoms with Crippen molar-refractivity contribution in [2.75, 3.05) is 7.11 Å². The van der Waals surface area contributed by atoms with Crippen LogP contribution in [0.5, 0.6) is 0 Å². The summed E-state index contributed by atoms with van der Waals surface area (Å²) in [5.74, 6) is 1.44. The summed E-state index contributed by atoms with van der Waals surface area (Å²) in [5.41, 5.74) is 1.21. The Kier molecular flexibility index (Phi) is 1.19. The molecule has 2 nitrogen and oxygen atoms in total. The number of carbonyl (C=O) groups excluding carboxylic acids is 1. The van der Waals surface area contributed by atoms with Gasteiger partial charge in [0, 0.05) is 5.92 Å². The van der Waals surface area contributed by atoms with Crippen LogP contribution in [0.3, 0.4) is 0 Å². The molecule has 11 heavy (non-hydrogen) atoms. The third-order valence-corrected chi connectivity index (χ3v) is 2.52. The van der Waals surface area contributed by atoms with E-state index < -0.39 is 0 Å². The average molecular weight is 150 g/mol. The normalized spacial score (nSPS) is 33.8. The summed E-state index contributed by atoms with van der Waals surface area (Å²) in [6.45, 7) is 2.02. The van der Waals surface area contributed by atoms with E-state index in [1.54, 1.807) is 13.2 Å². The molecule has 0 spiro atoms. The average Bonchev–Trinajstić information content (AvgIpc) is 2.30. The molecule has 0 saturated heterocycles. The smallest absolute Gasteiger partial charge is 0.166 e. The highest BCUT2D eigenvalue weighted by Crippen LogP contribution is 2.45. The van der Waals surface area contributed by atoms with Crippen LogP contribution >= 0.6 is 0 Å². The zero-order valence-corrected chi connectivity index (χ0v) is 6.63. The van der Waals surface area contributed by atoms with Crippen molar-refractivity contribution in [1.29, 1.82) is 0 Å². The minimum absolute atomic E-state index is 0.0278. The number of ether oxygens (including phenoxy) is 1. The van der Waals surface area contributed by atoms with Crippen LogP contribution < -0.4 is 0 Å². The molecule has 0 heterocycles. The minimum Gasteiger partial charge on any atom is -0.500 e. The Morgan fingerprint density at radius 2 is 2.27 bits per heavy atom. The largest absolute Gasteiger partial charge is 0.500 e. The maximum absolute atomic E-state index is 11.1. The van der Waals surface area contributed by atoms with Crippen LogP contribution in [0.1, 0.15) is 6.92 Å². The van der Waals surface area contributed by atoms with Crippen LogP contribution in [-0.4, -0.2) is 12.9 Å². The molecule has 0 saturated carbocycles. The summed E-state index contributed by atoms with van der Waals surface area (Å²) in [6, 6.07) is 0. The highest BCUT2D eigenvalue weighted by molar-refractivity contribution is 5.98. The quantitative estimate of drug-likeness (QED) is 0.563. The Hall–Kier alpha value is -1.05. The number of hydrogen-bond donors (Lipinski definition) is 0. The second-order valence-electron chi connectivity index (χ2n) is 3.02. The van der Waals surface area contributed by atoms with Crippen molar-refractivity contribution in [2.24, 2.45) is 11.8 Å². The molecule has 58 valence electrons. The summed E-state index contributed by atoms with van der Waals surface area (Å²) in [4.78, 5) is 11.1. The predicted molar refractivity (Wildman–Crippen MR) is 40.8 cm³/mol. The molecule has 0 bridgehead atoms. The molecule has 0 aromatic heterocycles. The van der Waals surface area contributed by atoms with Gasteiger partial charge in [-0.2, -0.15) is 0 Å². The van der Waals surface area contributed by atoms with Crippen LogP contribution in [0.2, 0.25) is 0 Å². The second-order valence-corrected chi connectivity index (χ2v) is 3.02. The van der Waals surface area contributed by atoms with E-state index in [0.29, 0.717) is 5.92 Å². The molecule has 2 unspecified atom stereocenters. The molecule has 0 fully saturated rings. The Morgan fingerprint density at radius 1 is 1.55 bits per heavy atom. The van der Waals surface area contributed by atoms with Crippen molar-refractivity contribution in [3.8, 4) is 0 Å². The number of methoxy groups -OCH3 is 1. The first kappa shape index (κ1) is 6.65. The fourth-order valence-corrected chi connectivity index (χ4v) is 1.88. The molecule has 2 heteroatoms. The third kappa shape index (κ3) is 0.642. The van der Waals surface area contributed by atoms with E-state index in [4.69, 9.17) is 4.74 Å². The van der Waals surface area contributed by atoms with Crippen LogP contribution in [-0.2, 0) is 9.53 Å². The number of hydrogen-bond acceptors (Lipinski definition) is 2. The van der Waals surface area contributed by atoms with Gasteiger partial charge in [0.25, 0.3) is 0 Å². The Labute approximate surface area is 65.5 Å². The number of fused-ring (bicyclic) bond motifs is 1. The van der Waals surface area contributed by atoms with Crippen LogP contribution in [0.15, 0.2) is 23.5 Å². The number of ketones is 1. The van der Waals surface area contributed by atoms with Crippen molar-refractivity contribution in [3.05, 3.63) is 23.5 Å². The van der Waals surface area contributed by atoms with Gasteiger partial charge in [-0.15, -0.1) is 0 Å². The van der Waals surface area contributed by atoms with Gasteiger partial charge in [0.2, 0.25) is 0 Å². The van der Waals surface area contributed by atoms with Gasteiger partial charge in [0.05, 0.1) is 13.0 Å². The molecule has 0 radical (unpaired) electrons. The first-order valence-corrected chi connectivity index (χ1v) is 3.72. The van der Waals surface area contributed by atoms with Gasteiger partial charge in [0.15, 0.2) is 5.78 Å². The fourth-order valence-electron chi connectivity index (χ4n) is 1.88. The molecule has 2 atom stereocenters. The van der Waals surface area contributed by atoms with E-state index in [0.717, 1.165) is 5.76 Å². The van der Waals surface area contributed by atoms with Gasteiger partial charge in [-0.1, -0.05) is 6.08 Å². The van der Waals surface area contributed by atoms with Gasteiger partial charge in [0.1, 0.15) is 5.76 Å². The van der Waals surface area contributed by atoms with Gasteiger partial charge in [-0.3, -0.25) is 4.79 Å². The SMILES string of the molecule is COC1=C(C)C2C=CC(=O)C12. The molecule has 0 aliphatic heterocycles. The highest BCUT2D eigenvalue weighted by Gasteiger charge is 2.44. The van der Waals surface area contributed by atoms with Gasteiger partial charge in [-0.05, 0) is 18.6 Å². The fraction of sp³-hybridized carbons (Fsp3) is 0.444. The topological polar surface area (TPSA) is 26.3 Å². The molecule has 2 rings (SSSR count). The lowest BCUT2D eigenvalue weighted by atomic mass is 9.75. The summed E-state index contributed by atoms with van der Waals surface area (Å²) in [5, 5.41) is 0. The van der Waals surface area contributed by atoms with Crippen LogP contribution in [0, 0.1) is 11.8 Å². The van der Waals surface area contributed by atoms with Crippen molar-refractivity contribution < 1.29 is 9.53 Å². The first-order valence-electron chi connectivity index (χ1n) is 3.72. The van der Waals surface area contributed by atoms with Crippen LogP contribution in [0.25, 0.3) is 0 Å². The lowest BCUT2D eigenvalue weighted by molar-refractivity contribution is -0.118. The van der Waals surface area contributed by atoms with Gasteiger partial charge < -0.3 is 4.74 Å². The van der Waals surface area contributed by atoms with Crippen molar-refractivity contribution >= 4 is 5.78 Å². The van der Waals surface area contributed by atoms with Crippen molar-refractivity contribution in [1.82, 2.24) is 0 Å². The number of rotatable bonds is 1. The number of carbonyl (C=O) groups is 1.